The van der Waals surface area contributed by atoms with Gasteiger partial charge in [0, 0.05) is 11.8 Å². The topological polar surface area (TPSA) is 79.7 Å². The summed E-state index contributed by atoms with van der Waals surface area (Å²) in [6.45, 7) is 2.14. The molecule has 150 valence electrons. The number of benzene rings is 1. The van der Waals surface area contributed by atoms with Gasteiger partial charge in [-0.3, -0.25) is 9.78 Å². The zero-order valence-corrected chi connectivity index (χ0v) is 16.4. The van der Waals surface area contributed by atoms with E-state index in [1.165, 1.54) is 0 Å². The van der Waals surface area contributed by atoms with Crippen LogP contribution in [0.2, 0.25) is 0 Å². The molecule has 0 saturated carbocycles. The van der Waals surface area contributed by atoms with Crippen LogP contribution in [-0.2, 0) is 9.53 Å². The Hall–Kier alpha value is -2.24. The van der Waals surface area contributed by atoms with Crippen molar-refractivity contribution in [3.63, 3.8) is 0 Å². The Morgan fingerprint density at radius 3 is 2.89 bits per heavy atom. The minimum absolute atomic E-state index is 0.259. The molecule has 0 spiro atoms. The third-order valence-corrected chi connectivity index (χ3v) is 5.18. The van der Waals surface area contributed by atoms with Crippen LogP contribution in [0.4, 0.5) is 0 Å². The quantitative estimate of drug-likeness (QED) is 0.524. The zero-order chi connectivity index (χ0) is 19.9. The Labute approximate surface area is 166 Å². The fourth-order valence-corrected chi connectivity index (χ4v) is 3.61. The Balaban J connectivity index is 1.81. The number of fused-ring (bicyclic) bond motifs is 1. The van der Waals surface area contributed by atoms with Gasteiger partial charge in [0.25, 0.3) is 0 Å². The molecule has 1 fully saturated rings. The smallest absolute Gasteiger partial charge is 0.306 e. The Morgan fingerprint density at radius 2 is 2.11 bits per heavy atom. The molecule has 0 amide bonds. The SMILES string of the molecule is CCCCCC(O)c1nc(/C=C/C(O)C2CCCC(=O)O2)cc2ccccc12. The van der Waals surface area contributed by atoms with Crippen molar-refractivity contribution < 1.29 is 19.7 Å². The third kappa shape index (κ3) is 5.18. The van der Waals surface area contributed by atoms with Crippen molar-refractivity contribution in [1.82, 2.24) is 4.98 Å². The molecule has 1 aliphatic rings. The lowest BCUT2D eigenvalue weighted by Gasteiger charge is -2.24. The van der Waals surface area contributed by atoms with Gasteiger partial charge in [-0.15, -0.1) is 0 Å². The summed E-state index contributed by atoms with van der Waals surface area (Å²) < 4.78 is 5.22. The number of esters is 1. The van der Waals surface area contributed by atoms with E-state index in [4.69, 9.17) is 4.74 Å². The van der Waals surface area contributed by atoms with E-state index in [2.05, 4.69) is 11.9 Å². The molecule has 0 bridgehead atoms. The van der Waals surface area contributed by atoms with Gasteiger partial charge in [0.15, 0.2) is 0 Å². The van der Waals surface area contributed by atoms with Crippen molar-refractivity contribution in [2.24, 2.45) is 0 Å². The minimum atomic E-state index is -0.865. The molecule has 5 nitrogen and oxygen atoms in total. The molecule has 1 aromatic carbocycles. The summed E-state index contributed by atoms with van der Waals surface area (Å²) in [6.07, 6.45) is 7.00. The molecule has 3 atom stereocenters. The summed E-state index contributed by atoms with van der Waals surface area (Å²) in [6, 6.07) is 9.82. The third-order valence-electron chi connectivity index (χ3n) is 5.18. The van der Waals surface area contributed by atoms with Gasteiger partial charge < -0.3 is 14.9 Å². The first kappa shape index (κ1) is 20.5. The highest BCUT2D eigenvalue weighted by molar-refractivity contribution is 5.86. The van der Waals surface area contributed by atoms with E-state index in [0.717, 1.165) is 36.5 Å². The summed E-state index contributed by atoms with van der Waals surface area (Å²) in [7, 11) is 0. The lowest BCUT2D eigenvalue weighted by Crippen LogP contribution is -2.33. The van der Waals surface area contributed by atoms with E-state index in [1.54, 1.807) is 12.2 Å². The predicted molar refractivity (Wildman–Crippen MR) is 110 cm³/mol. The van der Waals surface area contributed by atoms with Crippen molar-refractivity contribution in [2.45, 2.75) is 70.2 Å². The van der Waals surface area contributed by atoms with Crippen LogP contribution in [0.3, 0.4) is 0 Å². The molecule has 3 unspecified atom stereocenters. The maximum absolute atomic E-state index is 11.4. The predicted octanol–water partition coefficient (Wildman–Crippen LogP) is 4.32. The maximum Gasteiger partial charge on any atom is 0.306 e. The number of aromatic nitrogens is 1. The van der Waals surface area contributed by atoms with Gasteiger partial charge in [0.1, 0.15) is 12.2 Å². The standard InChI is InChI=1S/C23H29NO4/c1-2-3-4-10-20(26)23-18-9-6-5-8-16(18)15-17(24-23)13-14-19(25)21-11-7-12-22(27)28-21/h5-6,8-9,13-15,19-21,25-26H,2-4,7,10-12H2,1H3/b14-13+. The average Bonchev–Trinajstić information content (AvgIpc) is 2.71. The van der Waals surface area contributed by atoms with Gasteiger partial charge in [-0.05, 0) is 36.8 Å². The van der Waals surface area contributed by atoms with Crippen LogP contribution in [0.25, 0.3) is 16.8 Å². The number of pyridine rings is 1. The van der Waals surface area contributed by atoms with E-state index < -0.39 is 18.3 Å². The van der Waals surface area contributed by atoms with Gasteiger partial charge in [0.2, 0.25) is 0 Å². The highest BCUT2D eigenvalue weighted by atomic mass is 16.6. The molecule has 2 N–H and O–H groups in total. The number of cyclic esters (lactones) is 1. The molecular formula is C23H29NO4. The molecule has 0 radical (unpaired) electrons. The van der Waals surface area contributed by atoms with Crippen LogP contribution in [0.1, 0.15) is 69.4 Å². The summed E-state index contributed by atoms with van der Waals surface area (Å²) >= 11 is 0. The average molecular weight is 383 g/mol. The maximum atomic E-state index is 11.4. The first-order valence-corrected chi connectivity index (χ1v) is 10.2. The first-order valence-electron chi connectivity index (χ1n) is 10.2. The number of unbranched alkanes of at least 4 members (excludes halogenated alkanes) is 2. The lowest BCUT2D eigenvalue weighted by atomic mass is 10.0. The summed E-state index contributed by atoms with van der Waals surface area (Å²) in [5, 5.41) is 23.0. The Bertz CT molecular complexity index is 832. The number of carbonyl (C=O) groups is 1. The fraction of sp³-hybridized carbons (Fsp3) is 0.478. The monoisotopic (exact) mass is 383 g/mol. The molecule has 2 heterocycles. The van der Waals surface area contributed by atoms with Gasteiger partial charge in [0.05, 0.1) is 17.5 Å². The summed E-state index contributed by atoms with van der Waals surface area (Å²) in [4.78, 5) is 16.1. The molecule has 3 rings (SSSR count). The highest BCUT2D eigenvalue weighted by Crippen LogP contribution is 2.27. The highest BCUT2D eigenvalue weighted by Gasteiger charge is 2.25. The van der Waals surface area contributed by atoms with Crippen LogP contribution < -0.4 is 0 Å². The van der Waals surface area contributed by atoms with Crippen molar-refractivity contribution in [2.75, 3.05) is 0 Å². The van der Waals surface area contributed by atoms with E-state index in [1.807, 2.05) is 30.3 Å². The molecule has 1 aromatic heterocycles. The normalized spacial score (nSPS) is 19.7. The van der Waals surface area contributed by atoms with Crippen LogP contribution in [0.15, 0.2) is 36.4 Å². The van der Waals surface area contributed by atoms with Crippen molar-refractivity contribution in [3.8, 4) is 0 Å². The molecule has 2 aromatic rings. The first-order chi connectivity index (χ1) is 13.6. The van der Waals surface area contributed by atoms with E-state index in [-0.39, 0.29) is 5.97 Å². The molecule has 1 aliphatic heterocycles. The van der Waals surface area contributed by atoms with Gasteiger partial charge in [-0.1, -0.05) is 56.5 Å². The van der Waals surface area contributed by atoms with Crippen LogP contribution in [-0.4, -0.2) is 33.4 Å². The lowest BCUT2D eigenvalue weighted by molar-refractivity contribution is -0.158. The number of hydrogen-bond acceptors (Lipinski definition) is 5. The number of ether oxygens (including phenoxy) is 1. The molecule has 28 heavy (non-hydrogen) atoms. The molecular weight excluding hydrogens is 354 g/mol. The second-order valence-electron chi connectivity index (χ2n) is 7.44. The summed E-state index contributed by atoms with van der Waals surface area (Å²) in [5.41, 5.74) is 1.34. The summed E-state index contributed by atoms with van der Waals surface area (Å²) in [5.74, 6) is -0.259. The number of aliphatic hydroxyl groups excluding tert-OH is 2. The molecule has 0 aliphatic carbocycles. The number of nitrogens with zero attached hydrogens (tertiary/aromatic N) is 1. The Morgan fingerprint density at radius 1 is 1.29 bits per heavy atom. The van der Waals surface area contributed by atoms with Crippen LogP contribution in [0, 0.1) is 0 Å². The van der Waals surface area contributed by atoms with E-state index in [0.29, 0.717) is 30.7 Å². The van der Waals surface area contributed by atoms with E-state index >= 15 is 0 Å². The largest absolute Gasteiger partial charge is 0.459 e. The number of carbonyl (C=O) groups excluding carboxylic acids is 1. The van der Waals surface area contributed by atoms with Gasteiger partial charge in [-0.25, -0.2) is 0 Å². The van der Waals surface area contributed by atoms with Crippen molar-refractivity contribution in [1.29, 1.82) is 0 Å². The second kappa shape index (κ2) is 9.80. The second-order valence-corrected chi connectivity index (χ2v) is 7.44. The fourth-order valence-electron chi connectivity index (χ4n) is 3.61. The Kier molecular flexibility index (Phi) is 7.18. The van der Waals surface area contributed by atoms with Gasteiger partial charge >= 0.3 is 5.97 Å². The van der Waals surface area contributed by atoms with Gasteiger partial charge in [-0.2, -0.15) is 0 Å². The van der Waals surface area contributed by atoms with Crippen molar-refractivity contribution >= 4 is 22.8 Å². The van der Waals surface area contributed by atoms with Crippen LogP contribution in [0.5, 0.6) is 0 Å². The number of aliphatic hydroxyl groups is 2. The number of rotatable bonds is 8. The zero-order valence-electron chi connectivity index (χ0n) is 16.4. The number of hydrogen-bond donors (Lipinski definition) is 2. The molecule has 1 saturated heterocycles. The van der Waals surface area contributed by atoms with Crippen molar-refractivity contribution in [3.05, 3.63) is 47.8 Å². The van der Waals surface area contributed by atoms with Crippen LogP contribution >= 0.6 is 0 Å². The molecule has 5 heteroatoms. The minimum Gasteiger partial charge on any atom is -0.459 e. The van der Waals surface area contributed by atoms with E-state index in [9.17, 15) is 15.0 Å².